The molecule has 5 aliphatic rings. The minimum atomic E-state index is -0.493. The van der Waals surface area contributed by atoms with Crippen LogP contribution >= 0.6 is 0 Å². The van der Waals surface area contributed by atoms with Gasteiger partial charge in [0.15, 0.2) is 0 Å². The van der Waals surface area contributed by atoms with Crippen molar-refractivity contribution in [3.05, 3.63) is 60.3 Å². The quantitative estimate of drug-likeness (QED) is 0.246. The van der Waals surface area contributed by atoms with Crippen LogP contribution in [0.25, 0.3) is 16.8 Å². The van der Waals surface area contributed by atoms with E-state index in [1.807, 2.05) is 56.4 Å². The predicted molar refractivity (Wildman–Crippen MR) is 193 cm³/mol. The first-order valence-corrected chi connectivity index (χ1v) is 18.2. The van der Waals surface area contributed by atoms with Crippen molar-refractivity contribution in [1.29, 1.82) is 5.26 Å². The summed E-state index contributed by atoms with van der Waals surface area (Å²) in [7, 11) is 1.63. The fraction of sp³-hybridized carbons (Fsp3) is 0.526. The van der Waals surface area contributed by atoms with E-state index < -0.39 is 5.60 Å². The Labute approximate surface area is 303 Å². The summed E-state index contributed by atoms with van der Waals surface area (Å²) in [6.07, 6.45) is 11.8. The molecule has 14 nitrogen and oxygen atoms in total. The van der Waals surface area contributed by atoms with E-state index >= 15 is 0 Å². The molecule has 0 radical (unpaired) electrons. The molecule has 0 N–H and O–H groups in total. The summed E-state index contributed by atoms with van der Waals surface area (Å²) in [6, 6.07) is 9.35. The van der Waals surface area contributed by atoms with Gasteiger partial charge in [-0.1, -0.05) is 6.07 Å². The Balaban J connectivity index is 0.896. The normalized spacial score (nSPS) is 23.2. The van der Waals surface area contributed by atoms with E-state index in [-0.39, 0.29) is 12.1 Å². The predicted octanol–water partition coefficient (Wildman–Crippen LogP) is 4.24. The van der Waals surface area contributed by atoms with Gasteiger partial charge in [0.25, 0.3) is 0 Å². The molecule has 52 heavy (non-hydrogen) atoms. The van der Waals surface area contributed by atoms with Gasteiger partial charge in [-0.05, 0) is 57.6 Å². The molecule has 5 fully saturated rings. The Morgan fingerprint density at radius 3 is 2.58 bits per heavy atom. The van der Waals surface area contributed by atoms with Gasteiger partial charge < -0.3 is 24.0 Å². The molecule has 0 spiro atoms. The molecule has 0 aromatic carbocycles. The molecule has 5 saturated heterocycles. The SMILES string of the molecule is COc1ccc(CN2C3CC2CN(c2cnc(-c4cc(OCCN5CCC6C(CCN6C(=O)OC(C)(C)C)C5)cn5ncc(C#N)c45)cn2)C3)cn1. The van der Waals surface area contributed by atoms with E-state index in [2.05, 4.69) is 36.9 Å². The number of piperidine rings is 2. The molecule has 9 heterocycles. The number of aromatic nitrogens is 5. The molecule has 9 rings (SSSR count). The monoisotopic (exact) mass is 706 g/mol. The van der Waals surface area contributed by atoms with E-state index in [4.69, 9.17) is 24.2 Å². The maximum Gasteiger partial charge on any atom is 0.410 e. The number of amides is 1. The maximum atomic E-state index is 12.8. The second-order valence-electron chi connectivity index (χ2n) is 15.4. The summed E-state index contributed by atoms with van der Waals surface area (Å²) in [5, 5.41) is 14.3. The first kappa shape index (κ1) is 34.1. The van der Waals surface area contributed by atoms with Crippen molar-refractivity contribution >= 4 is 17.4 Å². The molecule has 4 aromatic rings. The molecule has 2 bridgehead atoms. The Bertz CT molecular complexity index is 1940. The van der Waals surface area contributed by atoms with Gasteiger partial charge in [-0.2, -0.15) is 10.4 Å². The van der Waals surface area contributed by atoms with Gasteiger partial charge in [0, 0.05) is 81.8 Å². The topological polar surface area (TPSA) is 137 Å². The fourth-order valence-corrected chi connectivity index (χ4v) is 8.35. The third-order valence-corrected chi connectivity index (χ3v) is 10.9. The second-order valence-corrected chi connectivity index (χ2v) is 15.4. The maximum absolute atomic E-state index is 12.8. The molecular formula is C38H46N10O4. The highest BCUT2D eigenvalue weighted by Gasteiger charge is 2.45. The lowest BCUT2D eigenvalue weighted by Gasteiger charge is -2.56. The van der Waals surface area contributed by atoms with Crippen molar-refractivity contribution < 1.29 is 19.0 Å². The standard InChI is InChI=1S/C38H46N10O4/c1-38(2,3)52-37(49)46-10-7-26-21-44(9-8-33(26)46)11-12-51-30-14-31(36-27(15-39)17-43-48(36)24-30)32-18-41-34(19-40-32)45-22-28-13-29(23-45)47(28)20-25-5-6-35(50-4)42-16-25/h5-6,14,16-19,24,26,28-29,33H,7-13,20-23H2,1-4H3. The molecule has 1 amide bonds. The van der Waals surface area contributed by atoms with Crippen molar-refractivity contribution in [3.63, 3.8) is 0 Å². The summed E-state index contributed by atoms with van der Waals surface area (Å²) in [4.78, 5) is 36.1. The first-order chi connectivity index (χ1) is 25.2. The molecule has 0 saturated carbocycles. The highest BCUT2D eigenvalue weighted by molar-refractivity contribution is 5.83. The molecule has 5 aliphatic heterocycles. The minimum Gasteiger partial charge on any atom is -0.491 e. The van der Waals surface area contributed by atoms with E-state index in [1.54, 1.807) is 24.0 Å². The van der Waals surface area contributed by atoms with Crippen LogP contribution < -0.4 is 14.4 Å². The highest BCUT2D eigenvalue weighted by atomic mass is 16.6. The molecule has 4 aromatic heterocycles. The van der Waals surface area contributed by atoms with Gasteiger partial charge >= 0.3 is 6.09 Å². The number of methoxy groups -OCH3 is 1. The Hall–Kier alpha value is -5.00. The van der Waals surface area contributed by atoms with Crippen LogP contribution in [0.2, 0.25) is 0 Å². The summed E-state index contributed by atoms with van der Waals surface area (Å²) >= 11 is 0. The number of rotatable bonds is 9. The van der Waals surface area contributed by atoms with E-state index in [0.29, 0.717) is 53.0 Å². The minimum absolute atomic E-state index is 0.199. The number of carbonyl (C=O) groups excluding carboxylic acids is 1. The molecule has 272 valence electrons. The van der Waals surface area contributed by atoms with Crippen molar-refractivity contribution in [2.45, 2.75) is 70.3 Å². The van der Waals surface area contributed by atoms with Crippen LogP contribution in [0.4, 0.5) is 10.6 Å². The van der Waals surface area contributed by atoms with Crippen molar-refractivity contribution in [2.75, 3.05) is 57.9 Å². The van der Waals surface area contributed by atoms with Crippen molar-refractivity contribution in [2.24, 2.45) is 5.92 Å². The van der Waals surface area contributed by atoms with Crippen LogP contribution in [0.15, 0.2) is 49.2 Å². The number of hydrogen-bond donors (Lipinski definition) is 0. The lowest BCUT2D eigenvalue weighted by Crippen LogP contribution is -2.68. The third-order valence-electron chi connectivity index (χ3n) is 10.9. The van der Waals surface area contributed by atoms with Crippen molar-refractivity contribution in [1.82, 2.24) is 39.3 Å². The summed E-state index contributed by atoms with van der Waals surface area (Å²) in [5.41, 5.74) is 3.25. The molecule has 4 atom stereocenters. The number of likely N-dealkylation sites (tertiary alicyclic amines) is 2. The first-order valence-electron chi connectivity index (χ1n) is 18.2. The van der Waals surface area contributed by atoms with Gasteiger partial charge in [-0.3, -0.25) is 14.8 Å². The number of fused-ring (bicyclic) bond motifs is 4. The molecule has 14 heteroatoms. The zero-order valence-electron chi connectivity index (χ0n) is 30.3. The highest BCUT2D eigenvalue weighted by Crippen LogP contribution is 2.37. The van der Waals surface area contributed by atoms with Gasteiger partial charge in [0.1, 0.15) is 29.8 Å². The molecular weight excluding hydrogens is 660 g/mol. The van der Waals surface area contributed by atoms with Crippen LogP contribution in [0.5, 0.6) is 11.6 Å². The van der Waals surface area contributed by atoms with E-state index in [9.17, 15) is 10.1 Å². The largest absolute Gasteiger partial charge is 0.491 e. The van der Waals surface area contributed by atoms with Crippen LogP contribution in [0, 0.1) is 17.2 Å². The number of pyridine rings is 2. The number of piperazine rings is 1. The van der Waals surface area contributed by atoms with Crippen LogP contribution in [-0.4, -0.2) is 122 Å². The van der Waals surface area contributed by atoms with E-state index in [0.717, 1.165) is 70.0 Å². The van der Waals surface area contributed by atoms with Gasteiger partial charge in [-0.15, -0.1) is 0 Å². The summed E-state index contributed by atoms with van der Waals surface area (Å²) in [6.45, 7) is 12.2. The Kier molecular flexibility index (Phi) is 9.09. The van der Waals surface area contributed by atoms with Crippen molar-refractivity contribution in [3.8, 4) is 29.0 Å². The molecule has 0 aliphatic carbocycles. The fourth-order valence-electron chi connectivity index (χ4n) is 8.35. The number of ether oxygens (including phenoxy) is 3. The number of hydrogen-bond acceptors (Lipinski definition) is 12. The number of nitrogens with zero attached hydrogens (tertiary/aromatic N) is 10. The van der Waals surface area contributed by atoms with E-state index in [1.165, 1.54) is 12.0 Å². The average molecular weight is 707 g/mol. The number of carbonyl (C=O) groups is 1. The van der Waals surface area contributed by atoms with Gasteiger partial charge in [0.05, 0.1) is 48.7 Å². The lowest BCUT2D eigenvalue weighted by molar-refractivity contribution is -0.00879. The van der Waals surface area contributed by atoms with Crippen LogP contribution in [0.3, 0.4) is 0 Å². The second kappa shape index (κ2) is 13.9. The third kappa shape index (κ3) is 6.82. The Morgan fingerprint density at radius 1 is 1.02 bits per heavy atom. The average Bonchev–Trinajstić information content (AvgIpc) is 3.77. The summed E-state index contributed by atoms with van der Waals surface area (Å²) < 4.78 is 18.9. The summed E-state index contributed by atoms with van der Waals surface area (Å²) in [5.74, 6) is 2.56. The Morgan fingerprint density at radius 2 is 1.87 bits per heavy atom. The zero-order valence-corrected chi connectivity index (χ0v) is 30.3. The smallest absolute Gasteiger partial charge is 0.410 e. The van der Waals surface area contributed by atoms with Gasteiger partial charge in [0.2, 0.25) is 5.88 Å². The lowest BCUT2D eigenvalue weighted by atomic mass is 9.87. The zero-order chi connectivity index (χ0) is 36.0. The van der Waals surface area contributed by atoms with Gasteiger partial charge in [-0.25, -0.2) is 19.3 Å². The molecule has 4 unspecified atom stereocenters. The number of anilines is 1. The van der Waals surface area contributed by atoms with Crippen LogP contribution in [-0.2, 0) is 11.3 Å². The number of nitriles is 1. The van der Waals surface area contributed by atoms with Crippen LogP contribution in [0.1, 0.15) is 51.2 Å².